The molecule has 7 heteroatoms. The van der Waals surface area contributed by atoms with Crippen LogP contribution < -0.4 is 4.90 Å². The van der Waals surface area contributed by atoms with Crippen LogP contribution >= 0.6 is 22.7 Å². The van der Waals surface area contributed by atoms with Gasteiger partial charge in [0.25, 0.3) is 0 Å². The summed E-state index contributed by atoms with van der Waals surface area (Å²) in [4.78, 5) is 9.05. The van der Waals surface area contributed by atoms with E-state index >= 15 is 0 Å². The fourth-order valence-electron chi connectivity index (χ4n) is 3.60. The second-order valence-corrected chi connectivity index (χ2v) is 8.44. The smallest absolute Gasteiger partial charge is 0.235 e. The lowest BCUT2D eigenvalue weighted by atomic mass is 9.98. The molecule has 3 atom stereocenters. The minimum atomic E-state index is 0.187. The summed E-state index contributed by atoms with van der Waals surface area (Å²) >= 11 is 3.34. The van der Waals surface area contributed by atoms with Crippen molar-refractivity contribution in [1.29, 1.82) is 0 Å². The van der Waals surface area contributed by atoms with Crippen molar-refractivity contribution in [3.05, 3.63) is 33.1 Å². The van der Waals surface area contributed by atoms with Gasteiger partial charge in [-0.1, -0.05) is 24.3 Å². The van der Waals surface area contributed by atoms with Crippen LogP contribution in [-0.2, 0) is 0 Å². The number of quaternary nitrogens is 1. The monoisotopic (exact) mass is 349 g/mol. The minimum absolute atomic E-state index is 0.187. The summed E-state index contributed by atoms with van der Waals surface area (Å²) < 4.78 is 1.59. The van der Waals surface area contributed by atoms with Crippen LogP contribution in [0.25, 0.3) is 4.96 Å². The van der Waals surface area contributed by atoms with Crippen LogP contribution in [0.5, 0.6) is 5.88 Å². The van der Waals surface area contributed by atoms with Gasteiger partial charge in [-0.25, -0.2) is 4.98 Å². The third-order valence-electron chi connectivity index (χ3n) is 4.61. The Labute approximate surface area is 143 Å². The van der Waals surface area contributed by atoms with E-state index in [0.717, 1.165) is 28.8 Å². The molecule has 1 unspecified atom stereocenters. The molecule has 2 N–H and O–H groups in total. The normalized spacial score (nSPS) is 23.4. The number of likely N-dealkylation sites (tertiary alicyclic amines) is 1. The number of piperidine rings is 1. The van der Waals surface area contributed by atoms with Gasteiger partial charge in [0.05, 0.1) is 18.0 Å². The molecule has 4 heterocycles. The van der Waals surface area contributed by atoms with Crippen molar-refractivity contribution in [2.75, 3.05) is 13.1 Å². The number of fused-ring (bicyclic) bond motifs is 1. The highest BCUT2D eigenvalue weighted by molar-refractivity contribution is 7.17. The number of aromatic hydroxyl groups is 1. The number of nitrogens with one attached hydrogen (secondary N) is 1. The molecular weight excluding hydrogens is 328 g/mol. The van der Waals surface area contributed by atoms with Crippen molar-refractivity contribution in [3.8, 4) is 5.88 Å². The molecule has 122 valence electrons. The summed E-state index contributed by atoms with van der Waals surface area (Å²) in [5, 5.41) is 17.2. The Bertz CT molecular complexity index is 808. The van der Waals surface area contributed by atoms with E-state index in [1.165, 1.54) is 17.7 Å². The van der Waals surface area contributed by atoms with Crippen LogP contribution in [0.2, 0.25) is 0 Å². The van der Waals surface area contributed by atoms with E-state index in [1.54, 1.807) is 32.1 Å². The van der Waals surface area contributed by atoms with E-state index in [0.29, 0.717) is 5.82 Å². The van der Waals surface area contributed by atoms with Crippen molar-refractivity contribution < 1.29 is 10.0 Å². The first-order valence-electron chi connectivity index (χ1n) is 8.06. The number of hydrogen-bond donors (Lipinski definition) is 2. The first-order chi connectivity index (χ1) is 11.1. The topological polar surface area (TPSA) is 54.9 Å². The fourth-order valence-corrected chi connectivity index (χ4v) is 5.74. The maximum atomic E-state index is 10.7. The van der Waals surface area contributed by atoms with Gasteiger partial charge in [-0.15, -0.1) is 16.4 Å². The molecule has 3 aromatic heterocycles. The predicted molar refractivity (Wildman–Crippen MR) is 92.5 cm³/mol. The second-order valence-electron chi connectivity index (χ2n) is 6.45. The molecular formula is C16H21N4OS2+. The molecule has 0 bridgehead atoms. The van der Waals surface area contributed by atoms with Crippen molar-refractivity contribution in [1.82, 2.24) is 14.6 Å². The Morgan fingerprint density at radius 1 is 1.48 bits per heavy atom. The van der Waals surface area contributed by atoms with Crippen molar-refractivity contribution in [2.45, 2.75) is 32.7 Å². The van der Waals surface area contributed by atoms with Crippen LogP contribution in [0, 0.1) is 12.8 Å². The summed E-state index contributed by atoms with van der Waals surface area (Å²) in [6.07, 6.45) is 2.56. The van der Waals surface area contributed by atoms with Crippen LogP contribution in [0.1, 0.15) is 41.4 Å². The number of aromatic nitrogens is 3. The zero-order valence-corrected chi connectivity index (χ0v) is 15.0. The van der Waals surface area contributed by atoms with Crippen molar-refractivity contribution >= 4 is 27.6 Å². The molecule has 1 fully saturated rings. The zero-order valence-electron chi connectivity index (χ0n) is 13.3. The van der Waals surface area contributed by atoms with Gasteiger partial charge in [0.2, 0.25) is 10.8 Å². The van der Waals surface area contributed by atoms with Gasteiger partial charge in [-0.3, -0.25) is 0 Å². The first kappa shape index (κ1) is 15.1. The SMILES string of the molecule is Cc1nc2sc([C@H](c3cccs3)[NH+]3CCC[C@H](C)C3)c(O)n2n1. The number of nitrogens with zero attached hydrogens (tertiary/aromatic N) is 3. The standard InChI is InChI=1S/C16H20N4OS2/c1-10-5-3-7-19(9-10)13(12-6-4-8-22-12)14-15(21)20-16(23-14)17-11(2)18-20/h4,6,8,10,13,21H,3,5,7,9H2,1-2H3/p+1/t10-,13-/m0/s1. The van der Waals surface area contributed by atoms with Gasteiger partial charge in [0.15, 0.2) is 6.04 Å². The van der Waals surface area contributed by atoms with Crippen LogP contribution in [0.3, 0.4) is 0 Å². The number of thiazole rings is 1. The lowest BCUT2D eigenvalue weighted by molar-refractivity contribution is -0.933. The lowest BCUT2D eigenvalue weighted by Crippen LogP contribution is -3.13. The molecule has 1 aliphatic rings. The Hall–Kier alpha value is -1.44. The lowest BCUT2D eigenvalue weighted by Gasteiger charge is -2.33. The number of aryl methyl sites for hydroxylation is 1. The average molecular weight is 350 g/mol. The molecule has 4 rings (SSSR count). The van der Waals surface area contributed by atoms with Gasteiger partial charge in [-0.05, 0) is 31.2 Å². The molecule has 1 aliphatic heterocycles. The highest BCUT2D eigenvalue weighted by Crippen LogP contribution is 2.36. The Kier molecular flexibility index (Phi) is 3.87. The molecule has 0 aromatic carbocycles. The summed E-state index contributed by atoms with van der Waals surface area (Å²) in [6, 6.07) is 4.46. The Morgan fingerprint density at radius 3 is 3.04 bits per heavy atom. The number of thiophene rings is 1. The summed E-state index contributed by atoms with van der Waals surface area (Å²) in [6.45, 7) is 6.48. The zero-order chi connectivity index (χ0) is 16.0. The number of hydrogen-bond acceptors (Lipinski definition) is 5. The van der Waals surface area contributed by atoms with E-state index in [2.05, 4.69) is 34.5 Å². The molecule has 0 radical (unpaired) electrons. The Morgan fingerprint density at radius 2 is 2.35 bits per heavy atom. The second kappa shape index (κ2) is 5.89. The fraction of sp³-hybridized carbons (Fsp3) is 0.500. The van der Waals surface area contributed by atoms with Gasteiger partial charge in [0.1, 0.15) is 10.7 Å². The van der Waals surface area contributed by atoms with Crippen LogP contribution in [0.4, 0.5) is 0 Å². The maximum Gasteiger partial charge on any atom is 0.235 e. The van der Waals surface area contributed by atoms with Crippen LogP contribution in [0.15, 0.2) is 17.5 Å². The van der Waals surface area contributed by atoms with E-state index < -0.39 is 0 Å². The van der Waals surface area contributed by atoms with Gasteiger partial charge in [-0.2, -0.15) is 4.52 Å². The highest BCUT2D eigenvalue weighted by atomic mass is 32.1. The number of rotatable bonds is 3. The third-order valence-corrected chi connectivity index (χ3v) is 6.63. The minimum Gasteiger partial charge on any atom is -0.492 e. The summed E-state index contributed by atoms with van der Waals surface area (Å²) in [7, 11) is 0. The first-order valence-corrected chi connectivity index (χ1v) is 9.76. The average Bonchev–Trinajstić information content (AvgIpc) is 3.21. The Balaban J connectivity index is 1.80. The van der Waals surface area contributed by atoms with Gasteiger partial charge >= 0.3 is 0 Å². The quantitative estimate of drug-likeness (QED) is 0.763. The summed E-state index contributed by atoms with van der Waals surface area (Å²) in [5.41, 5.74) is 0. The molecule has 23 heavy (non-hydrogen) atoms. The molecule has 0 amide bonds. The van der Waals surface area contributed by atoms with E-state index in [-0.39, 0.29) is 11.9 Å². The largest absolute Gasteiger partial charge is 0.492 e. The predicted octanol–water partition coefficient (Wildman–Crippen LogP) is 2.27. The molecule has 0 spiro atoms. The molecule has 0 saturated carbocycles. The highest BCUT2D eigenvalue weighted by Gasteiger charge is 2.35. The van der Waals surface area contributed by atoms with E-state index in [1.807, 2.05) is 6.92 Å². The van der Waals surface area contributed by atoms with Crippen LogP contribution in [-0.4, -0.2) is 32.8 Å². The molecule has 0 aliphatic carbocycles. The van der Waals surface area contributed by atoms with Crippen molar-refractivity contribution in [2.24, 2.45) is 5.92 Å². The van der Waals surface area contributed by atoms with E-state index in [4.69, 9.17) is 0 Å². The third kappa shape index (κ3) is 2.66. The van der Waals surface area contributed by atoms with Gasteiger partial charge < -0.3 is 10.0 Å². The molecule has 3 aromatic rings. The summed E-state index contributed by atoms with van der Waals surface area (Å²) in [5.74, 6) is 1.69. The maximum absolute atomic E-state index is 10.7. The van der Waals surface area contributed by atoms with E-state index in [9.17, 15) is 5.11 Å². The van der Waals surface area contributed by atoms with Crippen molar-refractivity contribution in [3.63, 3.8) is 0 Å². The molecule has 5 nitrogen and oxygen atoms in total. The molecule has 1 saturated heterocycles. The van der Waals surface area contributed by atoms with Gasteiger partial charge in [0, 0.05) is 5.92 Å².